The zero-order chi connectivity index (χ0) is 13.8. The van der Waals surface area contributed by atoms with Crippen LogP contribution in [0.25, 0.3) is 0 Å². The number of rotatable bonds is 5. The minimum atomic E-state index is -0.328. The van der Waals surface area contributed by atoms with E-state index in [0.29, 0.717) is 24.4 Å². The number of hydrogen-bond acceptors (Lipinski definition) is 3. The van der Waals surface area contributed by atoms with Crippen molar-refractivity contribution in [2.24, 2.45) is 5.92 Å². The molecule has 1 N–H and O–H groups in total. The van der Waals surface area contributed by atoms with Crippen LogP contribution >= 0.6 is 0 Å². The lowest BCUT2D eigenvalue weighted by Gasteiger charge is -2.24. The monoisotopic (exact) mass is 265 g/mol. The number of benzene rings is 1. The summed E-state index contributed by atoms with van der Waals surface area (Å²) in [5, 5.41) is 9.35. The van der Waals surface area contributed by atoms with Crippen LogP contribution in [-0.4, -0.2) is 41.5 Å². The van der Waals surface area contributed by atoms with Crippen LogP contribution in [0.3, 0.4) is 0 Å². The van der Waals surface area contributed by atoms with Gasteiger partial charge in [-0.15, -0.1) is 0 Å². The fourth-order valence-corrected chi connectivity index (χ4v) is 2.69. The Bertz CT molecular complexity index is 432. The molecule has 1 heterocycles. The van der Waals surface area contributed by atoms with Gasteiger partial charge in [0, 0.05) is 24.6 Å². The average molecular weight is 265 g/mol. The van der Waals surface area contributed by atoms with Crippen molar-refractivity contribution in [3.63, 3.8) is 0 Å². The second-order valence-electron chi connectivity index (χ2n) is 5.23. The smallest absolute Gasteiger partial charge is 0.164 e. The Hall–Kier alpha value is -1.26. The summed E-state index contributed by atoms with van der Waals surface area (Å²) < 4.78 is 12.8. The SMILES string of the molecule is CC1CCN(CCC(=O)c2ccc(F)cc2)C1CO. The first-order chi connectivity index (χ1) is 9.11. The topological polar surface area (TPSA) is 40.5 Å². The predicted octanol–water partition coefficient (Wildman–Crippen LogP) is 2.10. The summed E-state index contributed by atoms with van der Waals surface area (Å²) in [6.45, 7) is 3.86. The van der Waals surface area contributed by atoms with Crippen molar-refractivity contribution in [2.45, 2.75) is 25.8 Å². The Morgan fingerprint density at radius 2 is 2.11 bits per heavy atom. The number of aliphatic hydroxyl groups is 1. The third kappa shape index (κ3) is 3.39. The molecule has 0 spiro atoms. The van der Waals surface area contributed by atoms with E-state index in [9.17, 15) is 14.3 Å². The summed E-state index contributed by atoms with van der Waals surface area (Å²) in [5.74, 6) is 0.174. The molecule has 2 unspecified atom stereocenters. The summed E-state index contributed by atoms with van der Waals surface area (Å²) in [5.41, 5.74) is 0.550. The van der Waals surface area contributed by atoms with Gasteiger partial charge in [0.05, 0.1) is 6.61 Å². The molecule has 4 heteroatoms. The molecule has 0 radical (unpaired) electrons. The third-order valence-corrected chi connectivity index (χ3v) is 3.98. The molecule has 1 aliphatic rings. The number of aliphatic hydroxyl groups excluding tert-OH is 1. The summed E-state index contributed by atoms with van der Waals surface area (Å²) in [4.78, 5) is 14.2. The number of Topliss-reactive ketones (excluding diaryl/α,β-unsaturated/α-hetero) is 1. The average Bonchev–Trinajstić information content (AvgIpc) is 2.77. The quantitative estimate of drug-likeness (QED) is 0.829. The highest BCUT2D eigenvalue weighted by Gasteiger charge is 2.30. The fourth-order valence-electron chi connectivity index (χ4n) is 2.69. The first kappa shape index (κ1) is 14.2. The largest absolute Gasteiger partial charge is 0.395 e. The molecule has 0 bridgehead atoms. The van der Waals surface area contributed by atoms with Crippen LogP contribution in [0.15, 0.2) is 24.3 Å². The summed E-state index contributed by atoms with van der Waals surface area (Å²) in [7, 11) is 0. The molecule has 3 nitrogen and oxygen atoms in total. The number of hydrogen-bond donors (Lipinski definition) is 1. The molecule has 0 amide bonds. The van der Waals surface area contributed by atoms with Gasteiger partial charge in [-0.1, -0.05) is 6.92 Å². The molecule has 2 rings (SSSR count). The fraction of sp³-hybridized carbons (Fsp3) is 0.533. The molecule has 2 atom stereocenters. The molecular formula is C15H20FNO2. The van der Waals surface area contributed by atoms with E-state index >= 15 is 0 Å². The number of likely N-dealkylation sites (tertiary alicyclic amines) is 1. The number of nitrogens with zero attached hydrogens (tertiary/aromatic N) is 1. The predicted molar refractivity (Wildman–Crippen MR) is 71.6 cm³/mol. The first-order valence-electron chi connectivity index (χ1n) is 6.75. The van der Waals surface area contributed by atoms with Gasteiger partial charge in [-0.3, -0.25) is 9.69 Å². The van der Waals surface area contributed by atoms with Crippen LogP contribution in [0, 0.1) is 11.7 Å². The van der Waals surface area contributed by atoms with Gasteiger partial charge in [0.15, 0.2) is 5.78 Å². The maximum atomic E-state index is 12.8. The Morgan fingerprint density at radius 1 is 1.42 bits per heavy atom. The maximum Gasteiger partial charge on any atom is 0.164 e. The molecular weight excluding hydrogens is 245 g/mol. The zero-order valence-electron chi connectivity index (χ0n) is 11.2. The van der Waals surface area contributed by atoms with Crippen molar-refractivity contribution in [1.29, 1.82) is 0 Å². The van der Waals surface area contributed by atoms with Crippen molar-refractivity contribution in [3.8, 4) is 0 Å². The Labute approximate surface area is 113 Å². The number of halogens is 1. The number of carbonyl (C=O) groups is 1. The van der Waals surface area contributed by atoms with E-state index in [2.05, 4.69) is 11.8 Å². The first-order valence-corrected chi connectivity index (χ1v) is 6.75. The summed E-state index contributed by atoms with van der Waals surface area (Å²) in [6, 6.07) is 5.83. The van der Waals surface area contributed by atoms with Crippen molar-refractivity contribution < 1.29 is 14.3 Å². The van der Waals surface area contributed by atoms with Gasteiger partial charge >= 0.3 is 0 Å². The molecule has 1 aromatic carbocycles. The summed E-state index contributed by atoms with van der Waals surface area (Å²) in [6.07, 6.45) is 1.48. The molecule has 1 aromatic rings. The number of carbonyl (C=O) groups excluding carboxylic acids is 1. The normalized spacial score (nSPS) is 23.7. The highest BCUT2D eigenvalue weighted by atomic mass is 19.1. The van der Waals surface area contributed by atoms with E-state index in [1.165, 1.54) is 24.3 Å². The van der Waals surface area contributed by atoms with E-state index in [0.717, 1.165) is 13.0 Å². The van der Waals surface area contributed by atoms with Crippen molar-refractivity contribution in [1.82, 2.24) is 4.90 Å². The van der Waals surface area contributed by atoms with Crippen molar-refractivity contribution in [2.75, 3.05) is 19.7 Å². The lowest BCUT2D eigenvalue weighted by Crippen LogP contribution is -2.36. The van der Waals surface area contributed by atoms with Gasteiger partial charge in [0.25, 0.3) is 0 Å². The highest BCUT2D eigenvalue weighted by molar-refractivity contribution is 5.96. The second-order valence-corrected chi connectivity index (χ2v) is 5.23. The molecule has 19 heavy (non-hydrogen) atoms. The van der Waals surface area contributed by atoms with Crippen LogP contribution in [-0.2, 0) is 0 Å². The van der Waals surface area contributed by atoms with Crippen LogP contribution in [0.5, 0.6) is 0 Å². The van der Waals surface area contributed by atoms with Gasteiger partial charge in [0.2, 0.25) is 0 Å². The maximum absolute atomic E-state index is 12.8. The lowest BCUT2D eigenvalue weighted by atomic mass is 10.0. The van der Waals surface area contributed by atoms with Crippen LogP contribution in [0.2, 0.25) is 0 Å². The summed E-state index contributed by atoms with van der Waals surface area (Å²) >= 11 is 0. The molecule has 0 aliphatic carbocycles. The number of ketones is 1. The molecule has 0 aromatic heterocycles. The molecule has 0 saturated carbocycles. The van der Waals surface area contributed by atoms with Crippen molar-refractivity contribution in [3.05, 3.63) is 35.6 Å². The van der Waals surface area contributed by atoms with Gasteiger partial charge in [-0.05, 0) is 43.1 Å². The van der Waals surface area contributed by atoms with E-state index in [4.69, 9.17) is 0 Å². The van der Waals surface area contributed by atoms with E-state index in [-0.39, 0.29) is 24.2 Å². The molecule has 104 valence electrons. The third-order valence-electron chi connectivity index (χ3n) is 3.98. The Kier molecular flexibility index (Phi) is 4.66. The van der Waals surface area contributed by atoms with Gasteiger partial charge in [-0.25, -0.2) is 4.39 Å². The van der Waals surface area contributed by atoms with Crippen LogP contribution in [0.4, 0.5) is 4.39 Å². The lowest BCUT2D eigenvalue weighted by molar-refractivity contribution is 0.0933. The highest BCUT2D eigenvalue weighted by Crippen LogP contribution is 2.23. The molecule has 1 aliphatic heterocycles. The second kappa shape index (κ2) is 6.26. The zero-order valence-corrected chi connectivity index (χ0v) is 11.2. The van der Waals surface area contributed by atoms with Gasteiger partial charge in [0.1, 0.15) is 5.82 Å². The van der Waals surface area contributed by atoms with Gasteiger partial charge in [-0.2, -0.15) is 0 Å². The standard InChI is InChI=1S/C15H20FNO2/c1-11-6-8-17(14(11)10-18)9-7-15(19)12-2-4-13(16)5-3-12/h2-5,11,14,18H,6-10H2,1H3. The Morgan fingerprint density at radius 3 is 2.74 bits per heavy atom. The van der Waals surface area contributed by atoms with Crippen molar-refractivity contribution >= 4 is 5.78 Å². The van der Waals surface area contributed by atoms with Crippen LogP contribution in [0.1, 0.15) is 30.1 Å². The Balaban J connectivity index is 1.88. The molecule has 1 fully saturated rings. The van der Waals surface area contributed by atoms with Gasteiger partial charge < -0.3 is 5.11 Å². The van der Waals surface area contributed by atoms with Crippen LogP contribution < -0.4 is 0 Å². The minimum Gasteiger partial charge on any atom is -0.395 e. The van der Waals surface area contributed by atoms with E-state index < -0.39 is 0 Å². The van der Waals surface area contributed by atoms with E-state index in [1.807, 2.05) is 0 Å². The molecule has 1 saturated heterocycles. The van der Waals surface area contributed by atoms with E-state index in [1.54, 1.807) is 0 Å². The minimum absolute atomic E-state index is 0.0243.